The smallest absolute Gasteiger partial charge is 0.291 e. The van der Waals surface area contributed by atoms with E-state index in [9.17, 15) is 14.9 Å². The molecule has 0 aromatic carbocycles. The number of nitro groups is 1. The normalized spacial score (nSPS) is 9.73. The molecule has 1 amide bonds. The lowest BCUT2D eigenvalue weighted by molar-refractivity contribution is -0.467. The number of rotatable bonds is 4. The van der Waals surface area contributed by atoms with Gasteiger partial charge in [-0.05, 0) is 5.92 Å². The molecule has 0 aliphatic heterocycles. The summed E-state index contributed by atoms with van der Waals surface area (Å²) in [6.45, 7) is 3.71. The zero-order chi connectivity index (χ0) is 8.85. The Hall–Kier alpha value is -1.13. The number of hydrogen-bond acceptors (Lipinski definition) is 3. The minimum Gasteiger partial charge on any atom is -0.350 e. The molecule has 64 valence electrons. The van der Waals surface area contributed by atoms with Crippen LogP contribution in [0.3, 0.4) is 0 Å². The SMILES string of the molecule is CC(C)CNC(=O)C[N+](=O)[O-]. The number of carbonyl (C=O) groups excluding carboxylic acids is 1. The molecule has 5 nitrogen and oxygen atoms in total. The Morgan fingerprint density at radius 1 is 1.64 bits per heavy atom. The zero-order valence-electron chi connectivity index (χ0n) is 6.66. The number of hydrogen-bond donors (Lipinski definition) is 1. The summed E-state index contributed by atoms with van der Waals surface area (Å²) in [7, 11) is 0. The summed E-state index contributed by atoms with van der Waals surface area (Å²) in [4.78, 5) is 19.8. The molecule has 0 aliphatic rings. The van der Waals surface area contributed by atoms with Gasteiger partial charge in [0.2, 0.25) is 0 Å². The van der Waals surface area contributed by atoms with E-state index in [-0.39, 0.29) is 0 Å². The van der Waals surface area contributed by atoms with E-state index < -0.39 is 17.4 Å². The maximum atomic E-state index is 10.6. The second kappa shape index (κ2) is 4.65. The highest BCUT2D eigenvalue weighted by Gasteiger charge is 2.08. The molecule has 11 heavy (non-hydrogen) atoms. The third-order valence-corrected chi connectivity index (χ3v) is 0.980. The van der Waals surface area contributed by atoms with Crippen molar-refractivity contribution in [3.8, 4) is 0 Å². The van der Waals surface area contributed by atoms with Gasteiger partial charge in [0.1, 0.15) is 0 Å². The molecule has 0 aromatic rings. The van der Waals surface area contributed by atoms with E-state index in [0.29, 0.717) is 12.5 Å². The number of amides is 1. The summed E-state index contributed by atoms with van der Waals surface area (Å²) in [6.07, 6.45) is 0. The second-order valence-corrected chi connectivity index (χ2v) is 2.69. The highest BCUT2D eigenvalue weighted by molar-refractivity contribution is 5.76. The van der Waals surface area contributed by atoms with Crippen LogP contribution in [-0.4, -0.2) is 23.9 Å². The van der Waals surface area contributed by atoms with Crippen LogP contribution in [0.5, 0.6) is 0 Å². The van der Waals surface area contributed by atoms with Crippen LogP contribution in [0.2, 0.25) is 0 Å². The Morgan fingerprint density at radius 2 is 2.18 bits per heavy atom. The Labute approximate surface area is 64.9 Å². The maximum Gasteiger partial charge on any atom is 0.291 e. The molecule has 0 bridgehead atoms. The van der Waals surface area contributed by atoms with Gasteiger partial charge in [-0.15, -0.1) is 0 Å². The predicted molar refractivity (Wildman–Crippen MR) is 39.7 cm³/mol. The van der Waals surface area contributed by atoms with E-state index in [1.54, 1.807) is 0 Å². The van der Waals surface area contributed by atoms with Gasteiger partial charge in [-0.1, -0.05) is 13.8 Å². The fraction of sp³-hybridized carbons (Fsp3) is 0.833. The van der Waals surface area contributed by atoms with Crippen LogP contribution in [0, 0.1) is 16.0 Å². The van der Waals surface area contributed by atoms with Gasteiger partial charge in [0.05, 0.1) is 0 Å². The molecule has 0 radical (unpaired) electrons. The molecule has 0 heterocycles. The highest BCUT2D eigenvalue weighted by atomic mass is 16.6. The van der Waals surface area contributed by atoms with Crippen molar-refractivity contribution < 1.29 is 9.72 Å². The number of nitrogens with one attached hydrogen (secondary N) is 1. The van der Waals surface area contributed by atoms with Crippen LogP contribution in [0.4, 0.5) is 0 Å². The average molecular weight is 160 g/mol. The summed E-state index contributed by atoms with van der Waals surface area (Å²) in [5, 5.41) is 12.2. The van der Waals surface area contributed by atoms with Crippen molar-refractivity contribution in [3.05, 3.63) is 10.1 Å². The fourth-order valence-electron chi connectivity index (χ4n) is 0.491. The first-order valence-electron chi connectivity index (χ1n) is 3.41. The summed E-state index contributed by atoms with van der Waals surface area (Å²) < 4.78 is 0. The van der Waals surface area contributed by atoms with E-state index in [2.05, 4.69) is 5.32 Å². The molecule has 0 saturated carbocycles. The van der Waals surface area contributed by atoms with Crippen molar-refractivity contribution in [2.24, 2.45) is 5.92 Å². The maximum absolute atomic E-state index is 10.6. The van der Waals surface area contributed by atoms with E-state index in [1.807, 2.05) is 13.8 Å². The lowest BCUT2D eigenvalue weighted by atomic mass is 10.2. The topological polar surface area (TPSA) is 72.2 Å². The van der Waals surface area contributed by atoms with Crippen molar-refractivity contribution in [1.82, 2.24) is 5.32 Å². The van der Waals surface area contributed by atoms with Gasteiger partial charge in [-0.25, -0.2) is 0 Å². The lowest BCUT2D eigenvalue weighted by Crippen LogP contribution is -2.32. The number of nitrogens with zero attached hydrogens (tertiary/aromatic N) is 1. The largest absolute Gasteiger partial charge is 0.350 e. The lowest BCUT2D eigenvalue weighted by Gasteiger charge is -2.03. The highest BCUT2D eigenvalue weighted by Crippen LogP contribution is 1.86. The summed E-state index contributed by atoms with van der Waals surface area (Å²) in [5.41, 5.74) is 0. The first-order valence-corrected chi connectivity index (χ1v) is 3.41. The van der Waals surface area contributed by atoms with Crippen LogP contribution >= 0.6 is 0 Å². The Kier molecular flexibility index (Phi) is 4.17. The van der Waals surface area contributed by atoms with Crippen LogP contribution in [-0.2, 0) is 4.79 Å². The van der Waals surface area contributed by atoms with Crippen molar-refractivity contribution in [2.45, 2.75) is 13.8 Å². The van der Waals surface area contributed by atoms with Crippen molar-refractivity contribution in [3.63, 3.8) is 0 Å². The van der Waals surface area contributed by atoms with E-state index >= 15 is 0 Å². The summed E-state index contributed by atoms with van der Waals surface area (Å²) >= 11 is 0. The third kappa shape index (κ3) is 6.76. The molecule has 0 spiro atoms. The van der Waals surface area contributed by atoms with Gasteiger partial charge in [0, 0.05) is 11.5 Å². The molecular formula is C6H12N2O3. The molecule has 0 aromatic heterocycles. The van der Waals surface area contributed by atoms with Crippen LogP contribution in [0.15, 0.2) is 0 Å². The number of carbonyl (C=O) groups is 1. The first-order chi connectivity index (χ1) is 5.02. The fourth-order valence-corrected chi connectivity index (χ4v) is 0.491. The van der Waals surface area contributed by atoms with Gasteiger partial charge in [-0.3, -0.25) is 14.9 Å². The minimum atomic E-state index is -0.643. The van der Waals surface area contributed by atoms with Gasteiger partial charge < -0.3 is 5.32 Å². The van der Waals surface area contributed by atoms with Crippen LogP contribution in [0.25, 0.3) is 0 Å². The van der Waals surface area contributed by atoms with Crippen LogP contribution < -0.4 is 5.32 Å². The van der Waals surface area contributed by atoms with E-state index in [4.69, 9.17) is 0 Å². The molecule has 0 atom stereocenters. The van der Waals surface area contributed by atoms with Gasteiger partial charge in [-0.2, -0.15) is 0 Å². The molecule has 0 fully saturated rings. The Bertz CT molecular complexity index is 156. The van der Waals surface area contributed by atoms with Gasteiger partial charge in [0.25, 0.3) is 12.5 Å². The van der Waals surface area contributed by atoms with E-state index in [0.717, 1.165) is 0 Å². The molecule has 0 unspecified atom stereocenters. The molecule has 1 N–H and O–H groups in total. The average Bonchev–Trinajstić information content (AvgIpc) is 1.82. The van der Waals surface area contributed by atoms with E-state index in [1.165, 1.54) is 0 Å². The quantitative estimate of drug-likeness (QED) is 0.466. The van der Waals surface area contributed by atoms with Crippen molar-refractivity contribution in [1.29, 1.82) is 0 Å². The first kappa shape index (κ1) is 9.87. The molecule has 0 saturated heterocycles. The molecular weight excluding hydrogens is 148 g/mol. The predicted octanol–water partition coefficient (Wildman–Crippen LogP) is 0.0353. The van der Waals surface area contributed by atoms with Gasteiger partial charge in [0.15, 0.2) is 0 Å². The second-order valence-electron chi connectivity index (χ2n) is 2.69. The van der Waals surface area contributed by atoms with Gasteiger partial charge >= 0.3 is 0 Å². The molecule has 0 aliphatic carbocycles. The minimum absolute atomic E-state index is 0.325. The van der Waals surface area contributed by atoms with Crippen molar-refractivity contribution >= 4 is 5.91 Å². The molecule has 5 heteroatoms. The Balaban J connectivity index is 3.46. The van der Waals surface area contributed by atoms with Crippen molar-refractivity contribution in [2.75, 3.05) is 13.1 Å². The summed E-state index contributed by atoms with van der Waals surface area (Å²) in [5.74, 6) is -0.200. The zero-order valence-corrected chi connectivity index (χ0v) is 6.66. The Morgan fingerprint density at radius 3 is 2.55 bits per heavy atom. The standard InChI is InChI=1S/C6H12N2O3/c1-5(2)3-7-6(9)4-8(10)11/h5H,3-4H2,1-2H3,(H,7,9). The third-order valence-electron chi connectivity index (χ3n) is 0.980. The molecule has 0 rings (SSSR count). The van der Waals surface area contributed by atoms with Crippen LogP contribution in [0.1, 0.15) is 13.8 Å². The summed E-state index contributed by atoms with van der Waals surface area (Å²) in [6, 6.07) is 0. The monoisotopic (exact) mass is 160 g/mol.